The van der Waals surface area contributed by atoms with Gasteiger partial charge in [-0.3, -0.25) is 9.69 Å². The quantitative estimate of drug-likeness (QED) is 0.654. The predicted molar refractivity (Wildman–Crippen MR) is 88.8 cm³/mol. The molecule has 0 bridgehead atoms. The average Bonchev–Trinajstić information content (AvgIpc) is 3.30. The molecule has 132 valence electrons. The molecule has 1 heterocycles. The van der Waals surface area contributed by atoms with Crippen LogP contribution in [0.3, 0.4) is 0 Å². The minimum absolute atomic E-state index is 0.00936. The van der Waals surface area contributed by atoms with Crippen LogP contribution in [-0.2, 0) is 10.0 Å². The zero-order chi connectivity index (χ0) is 17.3. The highest BCUT2D eigenvalue weighted by atomic mass is 32.2. The molecule has 2 fully saturated rings. The molecule has 2 aliphatic rings. The van der Waals surface area contributed by atoms with Crippen LogP contribution in [0.1, 0.15) is 23.2 Å². The monoisotopic (exact) mass is 353 g/mol. The average molecular weight is 353 g/mol. The van der Waals surface area contributed by atoms with Gasteiger partial charge in [-0.25, -0.2) is 13.6 Å². The largest absolute Gasteiger partial charge is 0.395 e. The van der Waals surface area contributed by atoms with Gasteiger partial charge in [0, 0.05) is 31.2 Å². The number of sulfonamides is 1. The van der Waals surface area contributed by atoms with Crippen molar-refractivity contribution in [2.24, 2.45) is 17.0 Å². The standard InChI is InChI=1S/C16H23N3O4S/c17-24(22,23)13-5-3-12(4-6-13)16(21)18-15-10-19(7-8-20)9-14(15)11-1-2-11/h3-6,11,14-15,20H,1-2,7-10H2,(H,18,21)(H2,17,22,23)/t14-,15+/m0/s1. The molecule has 1 aliphatic heterocycles. The molecular formula is C16H23N3O4S. The summed E-state index contributed by atoms with van der Waals surface area (Å²) in [6.45, 7) is 2.38. The third-order valence-electron chi connectivity index (χ3n) is 4.85. The van der Waals surface area contributed by atoms with Crippen molar-refractivity contribution >= 4 is 15.9 Å². The molecule has 0 aromatic heterocycles. The Balaban J connectivity index is 1.67. The van der Waals surface area contributed by atoms with Crippen LogP contribution in [0.5, 0.6) is 0 Å². The molecule has 24 heavy (non-hydrogen) atoms. The van der Waals surface area contributed by atoms with Crippen LogP contribution in [0.15, 0.2) is 29.2 Å². The summed E-state index contributed by atoms with van der Waals surface area (Å²) in [6.07, 6.45) is 2.40. The first-order chi connectivity index (χ1) is 11.4. The molecule has 0 spiro atoms. The van der Waals surface area contributed by atoms with Gasteiger partial charge >= 0.3 is 0 Å². The first-order valence-corrected chi connectivity index (χ1v) is 9.70. The molecule has 1 aromatic carbocycles. The molecule has 1 saturated carbocycles. The van der Waals surface area contributed by atoms with Crippen molar-refractivity contribution in [2.75, 3.05) is 26.2 Å². The highest BCUT2D eigenvalue weighted by Gasteiger charge is 2.42. The molecule has 1 saturated heterocycles. The van der Waals surface area contributed by atoms with Crippen molar-refractivity contribution < 1.29 is 18.3 Å². The molecule has 8 heteroatoms. The maximum Gasteiger partial charge on any atom is 0.251 e. The summed E-state index contributed by atoms with van der Waals surface area (Å²) < 4.78 is 22.5. The van der Waals surface area contributed by atoms with E-state index in [1.165, 1.54) is 37.1 Å². The molecule has 4 N–H and O–H groups in total. The minimum Gasteiger partial charge on any atom is -0.395 e. The number of aliphatic hydroxyl groups is 1. The third kappa shape index (κ3) is 3.94. The van der Waals surface area contributed by atoms with Gasteiger partial charge in [0.25, 0.3) is 5.91 Å². The summed E-state index contributed by atoms with van der Waals surface area (Å²) >= 11 is 0. The number of amides is 1. The molecule has 1 amide bonds. The fourth-order valence-corrected chi connectivity index (χ4v) is 3.96. The second kappa shape index (κ2) is 6.79. The Labute approximate surface area is 141 Å². The smallest absolute Gasteiger partial charge is 0.251 e. The van der Waals surface area contributed by atoms with Crippen molar-refractivity contribution in [3.8, 4) is 0 Å². The van der Waals surface area contributed by atoms with E-state index in [1.54, 1.807) is 0 Å². The van der Waals surface area contributed by atoms with Gasteiger partial charge in [-0.2, -0.15) is 0 Å². The van der Waals surface area contributed by atoms with Crippen LogP contribution in [0.4, 0.5) is 0 Å². The van der Waals surface area contributed by atoms with E-state index in [1.807, 2.05) is 0 Å². The maximum absolute atomic E-state index is 12.5. The second-order valence-corrected chi connectivity index (χ2v) is 8.20. The zero-order valence-electron chi connectivity index (χ0n) is 13.4. The van der Waals surface area contributed by atoms with E-state index in [0.29, 0.717) is 23.9 Å². The second-order valence-electron chi connectivity index (χ2n) is 6.63. The fourth-order valence-electron chi connectivity index (χ4n) is 3.44. The topological polar surface area (TPSA) is 113 Å². The summed E-state index contributed by atoms with van der Waals surface area (Å²) in [5.74, 6) is 0.866. The van der Waals surface area contributed by atoms with Crippen molar-refractivity contribution in [3.05, 3.63) is 29.8 Å². The molecule has 1 aromatic rings. The highest BCUT2D eigenvalue weighted by molar-refractivity contribution is 7.89. The van der Waals surface area contributed by atoms with Crippen LogP contribution in [0.2, 0.25) is 0 Å². The maximum atomic E-state index is 12.5. The number of nitrogens with one attached hydrogen (secondary N) is 1. The number of benzene rings is 1. The first kappa shape index (κ1) is 17.3. The van der Waals surface area contributed by atoms with Gasteiger partial charge in [-0.05, 0) is 48.9 Å². The van der Waals surface area contributed by atoms with Crippen LogP contribution in [-0.4, -0.2) is 56.6 Å². The number of hydrogen-bond donors (Lipinski definition) is 3. The van der Waals surface area contributed by atoms with Crippen LogP contribution < -0.4 is 10.5 Å². The zero-order valence-corrected chi connectivity index (χ0v) is 14.2. The SMILES string of the molecule is NS(=O)(=O)c1ccc(C(=O)N[C@@H]2CN(CCO)C[C@H]2C2CC2)cc1. The summed E-state index contributed by atoms with van der Waals surface area (Å²) in [5.41, 5.74) is 0.414. The number of hydrogen-bond acceptors (Lipinski definition) is 5. The highest BCUT2D eigenvalue weighted by Crippen LogP contribution is 2.41. The third-order valence-corrected chi connectivity index (χ3v) is 5.78. The van der Waals surface area contributed by atoms with Gasteiger partial charge in [-0.1, -0.05) is 0 Å². The molecule has 0 unspecified atom stereocenters. The number of primary sulfonamides is 1. The van der Waals surface area contributed by atoms with Crippen molar-refractivity contribution in [1.29, 1.82) is 0 Å². The molecule has 2 atom stereocenters. The van der Waals surface area contributed by atoms with Crippen molar-refractivity contribution in [3.63, 3.8) is 0 Å². The van der Waals surface area contributed by atoms with Crippen LogP contribution in [0.25, 0.3) is 0 Å². The van der Waals surface area contributed by atoms with E-state index in [4.69, 9.17) is 10.2 Å². The minimum atomic E-state index is -3.76. The summed E-state index contributed by atoms with van der Waals surface area (Å²) in [6, 6.07) is 5.70. The van der Waals surface area contributed by atoms with Gasteiger partial charge in [0.1, 0.15) is 0 Å². The summed E-state index contributed by atoms with van der Waals surface area (Å²) in [7, 11) is -3.76. The fraction of sp³-hybridized carbons (Fsp3) is 0.562. The van der Waals surface area contributed by atoms with E-state index in [9.17, 15) is 13.2 Å². The Hall–Kier alpha value is -1.48. The summed E-state index contributed by atoms with van der Waals surface area (Å²) in [5, 5.41) is 17.2. The Morgan fingerprint density at radius 3 is 2.46 bits per heavy atom. The van der Waals surface area contributed by atoms with E-state index >= 15 is 0 Å². The normalized spacial score (nSPS) is 24.9. The van der Waals surface area contributed by atoms with E-state index in [2.05, 4.69) is 10.2 Å². The number of carbonyl (C=O) groups is 1. The number of nitrogens with zero attached hydrogens (tertiary/aromatic N) is 1. The Morgan fingerprint density at radius 2 is 1.92 bits per heavy atom. The van der Waals surface area contributed by atoms with Crippen LogP contribution in [0, 0.1) is 11.8 Å². The van der Waals surface area contributed by atoms with Gasteiger partial charge in [0.15, 0.2) is 0 Å². The van der Waals surface area contributed by atoms with Crippen LogP contribution >= 0.6 is 0 Å². The van der Waals surface area contributed by atoms with E-state index in [0.717, 1.165) is 13.1 Å². The van der Waals surface area contributed by atoms with Crippen molar-refractivity contribution in [2.45, 2.75) is 23.8 Å². The van der Waals surface area contributed by atoms with Crippen molar-refractivity contribution in [1.82, 2.24) is 10.2 Å². The lowest BCUT2D eigenvalue weighted by Crippen LogP contribution is -2.41. The van der Waals surface area contributed by atoms with Gasteiger partial charge in [0.2, 0.25) is 10.0 Å². The molecule has 7 nitrogen and oxygen atoms in total. The first-order valence-electron chi connectivity index (χ1n) is 8.15. The number of β-amino-alcohol motifs (C(OH)–C–C–N with tert-alkyl or cyclic N) is 1. The number of nitrogens with two attached hydrogens (primary N) is 1. The Kier molecular flexibility index (Phi) is 4.91. The van der Waals surface area contributed by atoms with Gasteiger partial charge < -0.3 is 10.4 Å². The summed E-state index contributed by atoms with van der Waals surface area (Å²) in [4.78, 5) is 14.6. The number of rotatable bonds is 6. The van der Waals surface area contributed by atoms with Gasteiger partial charge in [0.05, 0.1) is 11.5 Å². The Bertz CT molecular complexity index is 701. The lowest BCUT2D eigenvalue weighted by atomic mass is 9.98. The molecular weight excluding hydrogens is 330 g/mol. The number of aliphatic hydroxyl groups excluding tert-OH is 1. The number of carbonyl (C=O) groups excluding carboxylic acids is 1. The molecule has 0 radical (unpaired) electrons. The Morgan fingerprint density at radius 1 is 1.25 bits per heavy atom. The lowest BCUT2D eigenvalue weighted by molar-refractivity contribution is 0.0927. The molecule has 1 aliphatic carbocycles. The lowest BCUT2D eigenvalue weighted by Gasteiger charge is -2.19. The van der Waals surface area contributed by atoms with E-state index < -0.39 is 10.0 Å². The molecule has 3 rings (SSSR count). The number of likely N-dealkylation sites (tertiary alicyclic amines) is 1. The predicted octanol–water partition coefficient (Wildman–Crippen LogP) is -0.233. The van der Waals surface area contributed by atoms with E-state index in [-0.39, 0.29) is 23.5 Å². The van der Waals surface area contributed by atoms with Gasteiger partial charge in [-0.15, -0.1) is 0 Å².